The van der Waals surface area contributed by atoms with E-state index in [-0.39, 0.29) is 30.1 Å². The number of hydrogen-bond donors (Lipinski definition) is 4. The number of rotatable bonds is 13. The van der Waals surface area contributed by atoms with Crippen LogP contribution in [0.25, 0.3) is 0 Å². The number of nitrogens with one attached hydrogen (secondary N) is 3. The normalized spacial score (nSPS) is 21.2. The summed E-state index contributed by atoms with van der Waals surface area (Å²) >= 11 is 0. The fourth-order valence-corrected chi connectivity index (χ4v) is 5.42. The minimum absolute atomic E-state index is 0.00698. The maximum atomic E-state index is 13.8. The molecular formula is C33H43N3O6. The molecular weight excluding hydrogens is 534 g/mol. The Bertz CT molecular complexity index is 1240. The zero-order valence-corrected chi connectivity index (χ0v) is 24.7. The number of aliphatic hydroxyl groups excluding tert-OH is 1. The van der Waals surface area contributed by atoms with Crippen molar-refractivity contribution in [3.8, 4) is 5.75 Å². The van der Waals surface area contributed by atoms with Crippen molar-refractivity contribution < 1.29 is 29.0 Å². The van der Waals surface area contributed by atoms with E-state index in [2.05, 4.69) is 16.0 Å². The lowest BCUT2D eigenvalue weighted by atomic mass is 9.87. The van der Waals surface area contributed by atoms with Crippen molar-refractivity contribution in [3.05, 3.63) is 65.7 Å². The summed E-state index contributed by atoms with van der Waals surface area (Å²) in [6.07, 6.45) is 3.99. The van der Waals surface area contributed by atoms with Crippen molar-refractivity contribution in [3.63, 3.8) is 0 Å². The minimum atomic E-state index is -0.979. The average Bonchev–Trinajstić information content (AvgIpc) is 3.75. The Morgan fingerprint density at radius 3 is 2.00 bits per heavy atom. The molecule has 2 aromatic rings. The summed E-state index contributed by atoms with van der Waals surface area (Å²) in [6, 6.07) is 14.2. The lowest BCUT2D eigenvalue weighted by molar-refractivity contribution is -0.134. The highest BCUT2D eigenvalue weighted by Crippen LogP contribution is 2.46. The van der Waals surface area contributed by atoms with Crippen molar-refractivity contribution in [2.24, 2.45) is 11.3 Å². The van der Waals surface area contributed by atoms with Crippen LogP contribution in [0.15, 0.2) is 54.6 Å². The van der Waals surface area contributed by atoms with Crippen LogP contribution in [-0.4, -0.2) is 60.0 Å². The Morgan fingerprint density at radius 1 is 0.833 bits per heavy atom. The van der Waals surface area contributed by atoms with Crippen LogP contribution >= 0.6 is 0 Å². The maximum absolute atomic E-state index is 13.8. The van der Waals surface area contributed by atoms with Gasteiger partial charge in [-0.2, -0.15) is 0 Å². The van der Waals surface area contributed by atoms with Gasteiger partial charge < -0.3 is 25.8 Å². The van der Waals surface area contributed by atoms with Gasteiger partial charge in [0, 0.05) is 17.8 Å². The molecule has 42 heavy (non-hydrogen) atoms. The van der Waals surface area contributed by atoms with Gasteiger partial charge in [-0.15, -0.1) is 0 Å². The summed E-state index contributed by atoms with van der Waals surface area (Å²) in [7, 11) is 1.57. The first-order valence-corrected chi connectivity index (χ1v) is 14.9. The summed E-state index contributed by atoms with van der Waals surface area (Å²) in [5.41, 5.74) is 1.28. The van der Waals surface area contributed by atoms with Gasteiger partial charge in [-0.1, -0.05) is 49.4 Å². The molecule has 3 amide bonds. The van der Waals surface area contributed by atoms with Gasteiger partial charge in [0.05, 0.1) is 19.3 Å². The highest BCUT2D eigenvalue weighted by atomic mass is 16.5. The highest BCUT2D eigenvalue weighted by Gasteiger charge is 2.48. The zero-order chi connectivity index (χ0) is 30.3. The van der Waals surface area contributed by atoms with E-state index in [0.29, 0.717) is 37.9 Å². The second-order valence-corrected chi connectivity index (χ2v) is 12.0. The number of carbonyl (C=O) groups excluding carboxylic acids is 4. The van der Waals surface area contributed by atoms with Crippen LogP contribution in [-0.2, 0) is 32.0 Å². The summed E-state index contributed by atoms with van der Waals surface area (Å²) in [6.45, 7) is 3.51. The van der Waals surface area contributed by atoms with Gasteiger partial charge in [-0.05, 0) is 75.1 Å². The molecule has 4 rings (SSSR count). The van der Waals surface area contributed by atoms with E-state index in [1.807, 2.05) is 49.4 Å². The van der Waals surface area contributed by atoms with Gasteiger partial charge in [0.1, 0.15) is 17.8 Å². The average molecular weight is 578 g/mol. The molecule has 0 saturated heterocycles. The highest BCUT2D eigenvalue weighted by molar-refractivity contribution is 5.97. The van der Waals surface area contributed by atoms with E-state index in [0.717, 1.165) is 24.0 Å². The standard InChI is InChI=1S/C33H43N3O6/c1-21(34-31(40)24-11-13-25(37)14-12-24)30(39)36-28(20-23-9-15-26(42-3)16-10-23)32(41)35-27(29(38)33(2)17-18-33)19-22-7-5-4-6-8-22/h4-10,15-16,21,24-25,27-28,37H,11-14,17-20H2,1-3H3,(H,34,40)(H,35,41)(H,36,39)/t21-,24?,25?,27+,28+/m1/s1. The van der Waals surface area contributed by atoms with E-state index >= 15 is 0 Å². The van der Waals surface area contributed by atoms with E-state index in [1.54, 1.807) is 26.2 Å². The SMILES string of the molecule is COc1ccc(C[C@H](NC(=O)[C@@H](C)NC(=O)C2CCC(O)CC2)C(=O)N[C@@H](Cc2ccccc2)C(=O)C2(C)CC2)cc1. The lowest BCUT2D eigenvalue weighted by Crippen LogP contribution is -2.57. The van der Waals surface area contributed by atoms with Gasteiger partial charge in [0.25, 0.3) is 0 Å². The molecule has 9 heteroatoms. The van der Waals surface area contributed by atoms with Crippen molar-refractivity contribution in [2.45, 2.75) is 89.4 Å². The van der Waals surface area contributed by atoms with Gasteiger partial charge in [-0.25, -0.2) is 0 Å². The Balaban J connectivity index is 1.48. The molecule has 2 fully saturated rings. The number of aliphatic hydroxyl groups is 1. The Morgan fingerprint density at radius 2 is 1.40 bits per heavy atom. The van der Waals surface area contributed by atoms with Gasteiger partial charge in [0.15, 0.2) is 5.78 Å². The maximum Gasteiger partial charge on any atom is 0.243 e. The van der Waals surface area contributed by atoms with Gasteiger partial charge >= 0.3 is 0 Å². The van der Waals surface area contributed by atoms with Crippen molar-refractivity contribution in [1.82, 2.24) is 16.0 Å². The van der Waals surface area contributed by atoms with E-state index in [9.17, 15) is 24.3 Å². The van der Waals surface area contributed by atoms with E-state index < -0.39 is 35.4 Å². The number of amides is 3. The lowest BCUT2D eigenvalue weighted by Gasteiger charge is -2.27. The molecule has 3 atom stereocenters. The molecule has 0 spiro atoms. The smallest absolute Gasteiger partial charge is 0.243 e. The minimum Gasteiger partial charge on any atom is -0.497 e. The first kappa shape index (κ1) is 31.2. The number of ketones is 1. The molecule has 0 unspecified atom stereocenters. The quantitative estimate of drug-likeness (QED) is 0.289. The molecule has 226 valence electrons. The second-order valence-electron chi connectivity index (χ2n) is 12.0. The summed E-state index contributed by atoms with van der Waals surface area (Å²) in [5.74, 6) is -0.776. The Hall–Kier alpha value is -3.72. The third-order valence-corrected chi connectivity index (χ3v) is 8.56. The number of Topliss-reactive ketones (excluding diaryl/α,β-unsaturated/α-hetero) is 1. The van der Waals surface area contributed by atoms with Gasteiger partial charge in [0.2, 0.25) is 17.7 Å². The second kappa shape index (κ2) is 14.0. The number of ether oxygens (including phenoxy) is 1. The van der Waals surface area contributed by atoms with Gasteiger partial charge in [-0.3, -0.25) is 19.2 Å². The predicted octanol–water partition coefficient (Wildman–Crippen LogP) is 2.88. The summed E-state index contributed by atoms with van der Waals surface area (Å²) in [4.78, 5) is 53.3. The molecule has 4 N–H and O–H groups in total. The largest absolute Gasteiger partial charge is 0.497 e. The van der Waals surface area contributed by atoms with Crippen LogP contribution < -0.4 is 20.7 Å². The molecule has 2 aliphatic carbocycles. The van der Waals surface area contributed by atoms with Crippen LogP contribution in [0.4, 0.5) is 0 Å². The Labute approximate surface area is 247 Å². The molecule has 0 aromatic heterocycles. The fraction of sp³-hybridized carbons (Fsp3) is 0.515. The number of hydrogen-bond acceptors (Lipinski definition) is 6. The molecule has 2 aromatic carbocycles. The van der Waals surface area contributed by atoms with E-state index in [4.69, 9.17) is 4.74 Å². The Kier molecular flexibility index (Phi) is 10.4. The molecule has 0 radical (unpaired) electrons. The molecule has 2 saturated carbocycles. The van der Waals surface area contributed by atoms with E-state index in [1.165, 1.54) is 0 Å². The van der Waals surface area contributed by atoms with Crippen molar-refractivity contribution >= 4 is 23.5 Å². The molecule has 9 nitrogen and oxygen atoms in total. The number of benzene rings is 2. The summed E-state index contributed by atoms with van der Waals surface area (Å²) < 4.78 is 5.24. The number of carbonyl (C=O) groups is 4. The topological polar surface area (TPSA) is 134 Å². The summed E-state index contributed by atoms with van der Waals surface area (Å²) in [5, 5.41) is 18.3. The molecule has 0 aliphatic heterocycles. The molecule has 0 heterocycles. The molecule has 2 aliphatic rings. The third-order valence-electron chi connectivity index (χ3n) is 8.56. The first-order chi connectivity index (χ1) is 20.1. The van der Waals surface area contributed by atoms with Crippen molar-refractivity contribution in [1.29, 1.82) is 0 Å². The first-order valence-electron chi connectivity index (χ1n) is 14.9. The fourth-order valence-electron chi connectivity index (χ4n) is 5.42. The predicted molar refractivity (Wildman–Crippen MR) is 159 cm³/mol. The van der Waals surface area contributed by atoms with Crippen LogP contribution in [0.3, 0.4) is 0 Å². The van der Waals surface area contributed by atoms with Crippen molar-refractivity contribution in [2.75, 3.05) is 7.11 Å². The zero-order valence-electron chi connectivity index (χ0n) is 24.7. The van der Waals surface area contributed by atoms with Crippen LogP contribution in [0, 0.1) is 11.3 Å². The van der Waals surface area contributed by atoms with Crippen LogP contribution in [0.2, 0.25) is 0 Å². The van der Waals surface area contributed by atoms with Crippen LogP contribution in [0.1, 0.15) is 63.5 Å². The van der Waals surface area contributed by atoms with Crippen LogP contribution in [0.5, 0.6) is 5.75 Å². The monoisotopic (exact) mass is 577 g/mol. The third kappa shape index (κ3) is 8.41. The number of methoxy groups -OCH3 is 1. The molecule has 0 bridgehead atoms.